The highest BCUT2D eigenvalue weighted by Gasteiger charge is 2.07. The van der Waals surface area contributed by atoms with Crippen LogP contribution in [0.3, 0.4) is 0 Å². The van der Waals surface area contributed by atoms with E-state index in [1.807, 2.05) is 18.2 Å². The second-order valence-corrected chi connectivity index (χ2v) is 4.17. The number of hydrogen-bond donors (Lipinski definition) is 1. The quantitative estimate of drug-likeness (QED) is 0.710. The van der Waals surface area contributed by atoms with E-state index in [1.165, 1.54) is 12.7 Å². The van der Waals surface area contributed by atoms with E-state index in [-0.39, 0.29) is 12.6 Å². The number of hydrogen-bond acceptors (Lipinski definition) is 4. The lowest BCUT2D eigenvalue weighted by molar-refractivity contribution is -0.140. The van der Waals surface area contributed by atoms with Crippen molar-refractivity contribution in [1.29, 1.82) is 0 Å². The molecule has 0 aromatic heterocycles. The Kier molecular flexibility index (Phi) is 7.06. The molecule has 0 saturated carbocycles. The van der Waals surface area contributed by atoms with Crippen molar-refractivity contribution in [2.24, 2.45) is 0 Å². The van der Waals surface area contributed by atoms with Gasteiger partial charge in [-0.3, -0.25) is 9.69 Å². The van der Waals surface area contributed by atoms with Gasteiger partial charge in [-0.15, -0.1) is 0 Å². The zero-order valence-electron chi connectivity index (χ0n) is 10.8. The van der Waals surface area contributed by atoms with Gasteiger partial charge in [-0.2, -0.15) is 0 Å². The van der Waals surface area contributed by atoms with Crippen molar-refractivity contribution in [3.05, 3.63) is 35.9 Å². The highest BCUT2D eigenvalue weighted by molar-refractivity contribution is 5.69. The summed E-state index contributed by atoms with van der Waals surface area (Å²) in [6.07, 6.45) is 1.17. The first kappa shape index (κ1) is 14.7. The lowest BCUT2D eigenvalue weighted by Gasteiger charge is -2.21. The zero-order chi connectivity index (χ0) is 13.2. The van der Waals surface area contributed by atoms with E-state index < -0.39 is 0 Å². The second kappa shape index (κ2) is 8.66. The third-order valence-corrected chi connectivity index (χ3v) is 2.75. The lowest BCUT2D eigenvalue weighted by Crippen LogP contribution is -2.28. The number of aliphatic hydroxyl groups excluding tert-OH is 1. The smallest absolute Gasteiger partial charge is 0.305 e. The van der Waals surface area contributed by atoms with Crippen LogP contribution in [-0.2, 0) is 16.1 Å². The second-order valence-electron chi connectivity index (χ2n) is 4.17. The summed E-state index contributed by atoms with van der Waals surface area (Å²) in [6, 6.07) is 10.1. The summed E-state index contributed by atoms with van der Waals surface area (Å²) in [4.78, 5) is 13.2. The molecule has 0 radical (unpaired) electrons. The monoisotopic (exact) mass is 251 g/mol. The Morgan fingerprint density at radius 3 is 2.61 bits per heavy atom. The van der Waals surface area contributed by atoms with Crippen LogP contribution in [0.25, 0.3) is 0 Å². The van der Waals surface area contributed by atoms with Crippen LogP contribution >= 0.6 is 0 Å². The Bertz CT molecular complexity index is 340. The molecule has 0 bridgehead atoms. The summed E-state index contributed by atoms with van der Waals surface area (Å²) < 4.78 is 4.60. The minimum atomic E-state index is -0.182. The van der Waals surface area contributed by atoms with Crippen LogP contribution in [0, 0.1) is 0 Å². The van der Waals surface area contributed by atoms with E-state index in [4.69, 9.17) is 5.11 Å². The Labute approximate surface area is 108 Å². The first-order chi connectivity index (χ1) is 8.76. The van der Waals surface area contributed by atoms with E-state index in [0.717, 1.165) is 19.5 Å². The minimum absolute atomic E-state index is 0.130. The molecule has 0 amide bonds. The van der Waals surface area contributed by atoms with Crippen LogP contribution < -0.4 is 0 Å². The van der Waals surface area contributed by atoms with Crippen molar-refractivity contribution in [3.63, 3.8) is 0 Å². The van der Waals surface area contributed by atoms with Crippen molar-refractivity contribution in [2.75, 3.05) is 26.8 Å². The molecule has 4 nitrogen and oxygen atoms in total. The van der Waals surface area contributed by atoms with Crippen LogP contribution in [0.4, 0.5) is 0 Å². The van der Waals surface area contributed by atoms with Crippen molar-refractivity contribution in [1.82, 2.24) is 4.90 Å². The highest BCUT2D eigenvalue weighted by Crippen LogP contribution is 2.05. The molecular formula is C14H21NO3. The molecule has 18 heavy (non-hydrogen) atoms. The topological polar surface area (TPSA) is 49.8 Å². The number of aliphatic hydroxyl groups is 1. The fourth-order valence-corrected chi connectivity index (χ4v) is 1.80. The summed E-state index contributed by atoms with van der Waals surface area (Å²) >= 11 is 0. The van der Waals surface area contributed by atoms with Gasteiger partial charge in [-0.1, -0.05) is 30.3 Å². The number of carbonyl (C=O) groups excluding carboxylic acids is 1. The van der Waals surface area contributed by atoms with Gasteiger partial charge in [0.15, 0.2) is 0 Å². The number of ether oxygens (including phenoxy) is 1. The molecule has 1 N–H and O–H groups in total. The normalized spacial score (nSPS) is 10.6. The molecular weight excluding hydrogens is 230 g/mol. The van der Waals surface area contributed by atoms with Crippen LogP contribution in [0.5, 0.6) is 0 Å². The summed E-state index contributed by atoms with van der Waals surface area (Å²) in [7, 11) is 1.40. The van der Waals surface area contributed by atoms with Crippen molar-refractivity contribution in [2.45, 2.75) is 19.4 Å². The van der Waals surface area contributed by atoms with Crippen LogP contribution in [-0.4, -0.2) is 42.8 Å². The maximum absolute atomic E-state index is 11.0. The van der Waals surface area contributed by atoms with Crippen LogP contribution in [0.1, 0.15) is 18.4 Å². The Morgan fingerprint density at radius 1 is 1.28 bits per heavy atom. The number of carbonyl (C=O) groups is 1. The molecule has 0 aliphatic rings. The first-order valence-electron chi connectivity index (χ1n) is 6.20. The highest BCUT2D eigenvalue weighted by atomic mass is 16.5. The number of benzene rings is 1. The molecule has 1 rings (SSSR count). The first-order valence-corrected chi connectivity index (χ1v) is 6.20. The standard InChI is InChI=1S/C14H21NO3/c1-18-14(17)8-5-9-15(10-11-16)12-13-6-3-2-4-7-13/h2-4,6-7,16H,5,8-12H2,1H3. The van der Waals surface area contributed by atoms with Crippen molar-refractivity contribution < 1.29 is 14.6 Å². The van der Waals surface area contributed by atoms with Gasteiger partial charge in [0.05, 0.1) is 13.7 Å². The maximum atomic E-state index is 11.0. The van der Waals surface area contributed by atoms with Gasteiger partial charge in [-0.25, -0.2) is 0 Å². The lowest BCUT2D eigenvalue weighted by atomic mass is 10.2. The van der Waals surface area contributed by atoms with Gasteiger partial charge >= 0.3 is 5.97 Å². The average molecular weight is 251 g/mol. The van der Waals surface area contributed by atoms with Gasteiger partial charge < -0.3 is 9.84 Å². The SMILES string of the molecule is COC(=O)CCCN(CCO)Cc1ccccc1. The molecule has 0 aliphatic carbocycles. The number of nitrogens with zero attached hydrogens (tertiary/aromatic N) is 1. The number of methoxy groups -OCH3 is 1. The third kappa shape index (κ3) is 5.80. The molecule has 0 heterocycles. The molecule has 0 fully saturated rings. The van der Waals surface area contributed by atoms with Crippen molar-refractivity contribution >= 4 is 5.97 Å². The van der Waals surface area contributed by atoms with Crippen LogP contribution in [0.2, 0.25) is 0 Å². The molecule has 1 aromatic carbocycles. The number of rotatable bonds is 8. The molecule has 0 atom stereocenters. The van der Waals surface area contributed by atoms with E-state index in [0.29, 0.717) is 13.0 Å². The molecule has 1 aromatic rings. The summed E-state index contributed by atoms with van der Waals surface area (Å²) in [5.74, 6) is -0.182. The average Bonchev–Trinajstić information content (AvgIpc) is 2.40. The Balaban J connectivity index is 2.37. The maximum Gasteiger partial charge on any atom is 0.305 e. The number of esters is 1. The molecule has 100 valence electrons. The van der Waals surface area contributed by atoms with Gasteiger partial charge in [0, 0.05) is 19.5 Å². The predicted octanol–water partition coefficient (Wildman–Crippen LogP) is 1.43. The zero-order valence-corrected chi connectivity index (χ0v) is 10.8. The minimum Gasteiger partial charge on any atom is -0.469 e. The van der Waals surface area contributed by atoms with E-state index in [2.05, 4.69) is 21.8 Å². The van der Waals surface area contributed by atoms with Crippen molar-refractivity contribution in [3.8, 4) is 0 Å². The van der Waals surface area contributed by atoms with Gasteiger partial charge in [0.1, 0.15) is 0 Å². The summed E-state index contributed by atoms with van der Waals surface area (Å²) in [5, 5.41) is 9.04. The largest absolute Gasteiger partial charge is 0.469 e. The van der Waals surface area contributed by atoms with E-state index in [9.17, 15) is 4.79 Å². The molecule has 0 spiro atoms. The predicted molar refractivity (Wildman–Crippen MR) is 70.1 cm³/mol. The van der Waals surface area contributed by atoms with E-state index in [1.54, 1.807) is 0 Å². The van der Waals surface area contributed by atoms with Crippen LogP contribution in [0.15, 0.2) is 30.3 Å². The summed E-state index contributed by atoms with van der Waals surface area (Å²) in [6.45, 7) is 2.33. The van der Waals surface area contributed by atoms with Gasteiger partial charge in [0.25, 0.3) is 0 Å². The Morgan fingerprint density at radius 2 is 2.00 bits per heavy atom. The fourth-order valence-electron chi connectivity index (χ4n) is 1.80. The molecule has 0 unspecified atom stereocenters. The molecule has 0 saturated heterocycles. The van der Waals surface area contributed by atoms with Gasteiger partial charge in [0.2, 0.25) is 0 Å². The van der Waals surface area contributed by atoms with E-state index >= 15 is 0 Å². The molecule has 4 heteroatoms. The fraction of sp³-hybridized carbons (Fsp3) is 0.500. The Hall–Kier alpha value is -1.39. The third-order valence-electron chi connectivity index (χ3n) is 2.75. The molecule has 0 aliphatic heterocycles. The van der Waals surface area contributed by atoms with Gasteiger partial charge in [-0.05, 0) is 18.5 Å². The summed E-state index contributed by atoms with van der Waals surface area (Å²) in [5.41, 5.74) is 1.21.